The fourth-order valence-corrected chi connectivity index (χ4v) is 0.985. The molecule has 0 saturated heterocycles. The molecule has 0 aliphatic carbocycles. The van der Waals surface area contributed by atoms with Crippen molar-refractivity contribution in [1.82, 2.24) is 4.98 Å². The Bertz CT molecular complexity index is 250. The van der Waals surface area contributed by atoms with Crippen molar-refractivity contribution >= 4 is 0 Å². The van der Waals surface area contributed by atoms with Gasteiger partial charge in [-0.05, 0) is 24.6 Å². The minimum atomic E-state index is -0.616. The molecule has 0 amide bonds. The van der Waals surface area contributed by atoms with Crippen LogP contribution < -0.4 is 0 Å². The van der Waals surface area contributed by atoms with E-state index in [2.05, 4.69) is 4.98 Å². The van der Waals surface area contributed by atoms with E-state index in [0.717, 1.165) is 5.56 Å². The van der Waals surface area contributed by atoms with Crippen molar-refractivity contribution in [2.45, 2.75) is 13.0 Å². The predicted molar refractivity (Wildman–Crippen MR) is 45.8 cm³/mol. The van der Waals surface area contributed by atoms with Crippen LogP contribution in [0.2, 0.25) is 0 Å². The Hall–Kier alpha value is -0.930. The molecule has 0 aromatic carbocycles. The van der Waals surface area contributed by atoms with Gasteiger partial charge in [0.25, 0.3) is 0 Å². The molecule has 3 nitrogen and oxygen atoms in total. The van der Waals surface area contributed by atoms with Crippen LogP contribution in [-0.4, -0.2) is 23.8 Å². The lowest BCUT2D eigenvalue weighted by atomic mass is 10.2. The molecule has 1 unspecified atom stereocenters. The molecule has 0 radical (unpaired) electrons. The molecule has 0 aliphatic rings. The standard InChI is InChI=1S/C9H13NO2/c1-7-3-4-10-8(5-7)9(11)6-12-2/h3-5,9,11H,6H2,1-2H3. The maximum atomic E-state index is 9.46. The highest BCUT2D eigenvalue weighted by molar-refractivity contribution is 5.16. The Morgan fingerprint density at radius 3 is 3.00 bits per heavy atom. The number of hydrogen-bond acceptors (Lipinski definition) is 3. The van der Waals surface area contributed by atoms with Gasteiger partial charge in [0.15, 0.2) is 0 Å². The molecule has 1 atom stereocenters. The van der Waals surface area contributed by atoms with E-state index in [4.69, 9.17) is 4.74 Å². The summed E-state index contributed by atoms with van der Waals surface area (Å²) in [6.07, 6.45) is 1.07. The molecular weight excluding hydrogens is 154 g/mol. The second kappa shape index (κ2) is 4.18. The number of aliphatic hydroxyl groups excluding tert-OH is 1. The second-order valence-corrected chi connectivity index (χ2v) is 2.73. The highest BCUT2D eigenvalue weighted by Gasteiger charge is 2.07. The summed E-state index contributed by atoms with van der Waals surface area (Å²) in [7, 11) is 1.55. The van der Waals surface area contributed by atoms with E-state index in [1.807, 2.05) is 19.1 Å². The lowest BCUT2D eigenvalue weighted by molar-refractivity contribution is 0.0617. The van der Waals surface area contributed by atoms with Gasteiger partial charge in [-0.15, -0.1) is 0 Å². The van der Waals surface area contributed by atoms with E-state index in [1.165, 1.54) is 0 Å². The second-order valence-electron chi connectivity index (χ2n) is 2.73. The smallest absolute Gasteiger partial charge is 0.119 e. The van der Waals surface area contributed by atoms with Crippen molar-refractivity contribution in [2.75, 3.05) is 13.7 Å². The summed E-state index contributed by atoms with van der Waals surface area (Å²) in [6.45, 7) is 2.25. The van der Waals surface area contributed by atoms with E-state index in [1.54, 1.807) is 13.3 Å². The first-order valence-corrected chi connectivity index (χ1v) is 3.83. The number of aryl methyl sites for hydroxylation is 1. The molecule has 1 rings (SSSR count). The van der Waals surface area contributed by atoms with E-state index in [0.29, 0.717) is 5.69 Å². The molecule has 1 heterocycles. The Balaban J connectivity index is 2.73. The molecule has 3 heteroatoms. The van der Waals surface area contributed by atoms with Gasteiger partial charge in [0, 0.05) is 13.3 Å². The first-order chi connectivity index (χ1) is 5.74. The molecular formula is C9H13NO2. The van der Waals surface area contributed by atoms with Gasteiger partial charge in [-0.2, -0.15) is 0 Å². The van der Waals surface area contributed by atoms with Crippen LogP contribution in [0, 0.1) is 6.92 Å². The van der Waals surface area contributed by atoms with Crippen molar-refractivity contribution in [1.29, 1.82) is 0 Å². The molecule has 0 aliphatic heterocycles. The Morgan fingerprint density at radius 1 is 1.67 bits per heavy atom. The van der Waals surface area contributed by atoms with Crippen LogP contribution in [-0.2, 0) is 4.74 Å². The summed E-state index contributed by atoms with van der Waals surface area (Å²) >= 11 is 0. The van der Waals surface area contributed by atoms with Crippen LogP contribution >= 0.6 is 0 Å². The number of hydrogen-bond donors (Lipinski definition) is 1. The Labute approximate surface area is 72.0 Å². The fraction of sp³-hybridized carbons (Fsp3) is 0.444. The van der Waals surface area contributed by atoms with Crippen molar-refractivity contribution < 1.29 is 9.84 Å². The van der Waals surface area contributed by atoms with Crippen LogP contribution in [0.4, 0.5) is 0 Å². The number of aromatic nitrogens is 1. The number of nitrogens with zero attached hydrogens (tertiary/aromatic N) is 1. The van der Waals surface area contributed by atoms with Gasteiger partial charge >= 0.3 is 0 Å². The maximum absolute atomic E-state index is 9.46. The average molecular weight is 167 g/mol. The number of aliphatic hydroxyl groups is 1. The SMILES string of the molecule is COCC(O)c1cc(C)ccn1. The minimum absolute atomic E-state index is 0.288. The van der Waals surface area contributed by atoms with E-state index >= 15 is 0 Å². The van der Waals surface area contributed by atoms with Gasteiger partial charge in [-0.1, -0.05) is 0 Å². The third kappa shape index (κ3) is 2.29. The van der Waals surface area contributed by atoms with Gasteiger partial charge in [0.2, 0.25) is 0 Å². The average Bonchev–Trinajstić information content (AvgIpc) is 2.05. The molecule has 12 heavy (non-hydrogen) atoms. The predicted octanol–water partition coefficient (Wildman–Crippen LogP) is 1.07. The van der Waals surface area contributed by atoms with Crippen LogP contribution in [0.15, 0.2) is 18.3 Å². The highest BCUT2D eigenvalue weighted by atomic mass is 16.5. The van der Waals surface area contributed by atoms with E-state index < -0.39 is 6.10 Å². The van der Waals surface area contributed by atoms with Crippen molar-refractivity contribution in [3.05, 3.63) is 29.6 Å². The highest BCUT2D eigenvalue weighted by Crippen LogP contribution is 2.10. The molecule has 66 valence electrons. The zero-order chi connectivity index (χ0) is 8.97. The topological polar surface area (TPSA) is 42.4 Å². The third-order valence-corrected chi connectivity index (χ3v) is 1.60. The van der Waals surface area contributed by atoms with E-state index in [-0.39, 0.29) is 6.61 Å². The minimum Gasteiger partial charge on any atom is -0.384 e. The maximum Gasteiger partial charge on any atom is 0.119 e. The van der Waals surface area contributed by atoms with Gasteiger partial charge < -0.3 is 9.84 Å². The molecule has 0 spiro atoms. The summed E-state index contributed by atoms with van der Waals surface area (Å²) in [5.74, 6) is 0. The number of pyridine rings is 1. The van der Waals surface area contributed by atoms with Gasteiger partial charge in [-0.3, -0.25) is 4.98 Å². The molecule has 1 aromatic rings. The van der Waals surface area contributed by atoms with Gasteiger partial charge in [-0.25, -0.2) is 0 Å². The largest absolute Gasteiger partial charge is 0.384 e. The number of methoxy groups -OCH3 is 1. The van der Waals surface area contributed by atoms with Crippen LogP contribution in [0.1, 0.15) is 17.4 Å². The zero-order valence-corrected chi connectivity index (χ0v) is 7.32. The lowest BCUT2D eigenvalue weighted by Gasteiger charge is -2.08. The molecule has 1 N–H and O–H groups in total. The van der Waals surface area contributed by atoms with Crippen LogP contribution in [0.3, 0.4) is 0 Å². The normalized spacial score (nSPS) is 12.9. The fourth-order valence-electron chi connectivity index (χ4n) is 0.985. The van der Waals surface area contributed by atoms with Crippen LogP contribution in [0.25, 0.3) is 0 Å². The number of rotatable bonds is 3. The van der Waals surface area contributed by atoms with Crippen molar-refractivity contribution in [2.24, 2.45) is 0 Å². The van der Waals surface area contributed by atoms with Gasteiger partial charge in [0.1, 0.15) is 6.10 Å². The monoisotopic (exact) mass is 167 g/mol. The molecule has 0 bridgehead atoms. The van der Waals surface area contributed by atoms with Crippen LogP contribution in [0.5, 0.6) is 0 Å². The first kappa shape index (κ1) is 9.16. The summed E-state index contributed by atoms with van der Waals surface area (Å²) in [5.41, 5.74) is 1.76. The molecule has 1 aromatic heterocycles. The summed E-state index contributed by atoms with van der Waals surface area (Å²) < 4.78 is 4.81. The van der Waals surface area contributed by atoms with Gasteiger partial charge in [0.05, 0.1) is 12.3 Å². The first-order valence-electron chi connectivity index (χ1n) is 3.83. The summed E-state index contributed by atoms with van der Waals surface area (Å²) in [5, 5.41) is 9.46. The number of ether oxygens (including phenoxy) is 1. The molecule has 0 fully saturated rings. The quantitative estimate of drug-likeness (QED) is 0.732. The zero-order valence-electron chi connectivity index (χ0n) is 7.32. The van der Waals surface area contributed by atoms with Crippen molar-refractivity contribution in [3.8, 4) is 0 Å². The third-order valence-electron chi connectivity index (χ3n) is 1.60. The summed E-state index contributed by atoms with van der Waals surface area (Å²) in [4.78, 5) is 4.03. The molecule has 0 saturated carbocycles. The summed E-state index contributed by atoms with van der Waals surface area (Å²) in [6, 6.07) is 3.74. The van der Waals surface area contributed by atoms with E-state index in [9.17, 15) is 5.11 Å². The lowest BCUT2D eigenvalue weighted by Crippen LogP contribution is -2.06. The Kier molecular flexibility index (Phi) is 3.19. The Morgan fingerprint density at radius 2 is 2.42 bits per heavy atom. The van der Waals surface area contributed by atoms with Crippen molar-refractivity contribution in [3.63, 3.8) is 0 Å².